The van der Waals surface area contributed by atoms with Crippen molar-refractivity contribution in [2.24, 2.45) is 5.73 Å². The number of halogens is 2. The quantitative estimate of drug-likeness (QED) is 0.887. The standard InChI is InChI=1S/C9H8BrClN2/c10-9-6(8(13)4-5-12)2-1-3-7(9)11/h1-3,8H,4,13H2. The maximum Gasteiger partial charge on any atom is 0.0641 e. The Kier molecular flexibility index (Phi) is 3.73. The number of benzene rings is 1. The molecule has 0 aromatic heterocycles. The molecule has 1 aromatic carbocycles. The van der Waals surface area contributed by atoms with E-state index in [1.165, 1.54) is 0 Å². The van der Waals surface area contributed by atoms with Crippen molar-refractivity contribution in [3.63, 3.8) is 0 Å². The van der Waals surface area contributed by atoms with Crippen molar-refractivity contribution in [3.8, 4) is 6.07 Å². The second kappa shape index (κ2) is 4.61. The first kappa shape index (κ1) is 10.5. The van der Waals surface area contributed by atoms with Crippen molar-refractivity contribution in [3.05, 3.63) is 33.3 Å². The Morgan fingerprint density at radius 1 is 1.62 bits per heavy atom. The summed E-state index contributed by atoms with van der Waals surface area (Å²) in [5.74, 6) is 0. The van der Waals surface area contributed by atoms with Crippen LogP contribution in [0.2, 0.25) is 5.02 Å². The molecular weight excluding hydrogens is 251 g/mol. The first-order chi connectivity index (χ1) is 6.16. The van der Waals surface area contributed by atoms with Gasteiger partial charge in [0, 0.05) is 10.5 Å². The van der Waals surface area contributed by atoms with Crippen molar-refractivity contribution in [2.45, 2.75) is 12.5 Å². The first-order valence-electron chi connectivity index (χ1n) is 3.73. The van der Waals surface area contributed by atoms with Gasteiger partial charge in [0.05, 0.1) is 17.5 Å². The highest BCUT2D eigenvalue weighted by Crippen LogP contribution is 2.30. The van der Waals surface area contributed by atoms with Crippen molar-refractivity contribution < 1.29 is 0 Å². The summed E-state index contributed by atoms with van der Waals surface area (Å²) in [5.41, 5.74) is 6.63. The molecule has 0 fully saturated rings. The lowest BCUT2D eigenvalue weighted by Crippen LogP contribution is -2.09. The molecule has 4 heteroatoms. The van der Waals surface area contributed by atoms with Crippen molar-refractivity contribution in [1.82, 2.24) is 0 Å². The van der Waals surface area contributed by atoms with Gasteiger partial charge >= 0.3 is 0 Å². The van der Waals surface area contributed by atoms with Gasteiger partial charge in [0.15, 0.2) is 0 Å². The Hall–Kier alpha value is -0.560. The second-order valence-corrected chi connectivity index (χ2v) is 3.81. The zero-order valence-corrected chi connectivity index (χ0v) is 9.14. The van der Waals surface area contributed by atoms with Gasteiger partial charge in [-0.2, -0.15) is 5.26 Å². The molecule has 0 saturated heterocycles. The zero-order chi connectivity index (χ0) is 9.84. The summed E-state index contributed by atoms with van der Waals surface area (Å²) in [5, 5.41) is 9.10. The van der Waals surface area contributed by atoms with E-state index in [4.69, 9.17) is 22.6 Å². The molecule has 1 aromatic rings. The third-order valence-electron chi connectivity index (χ3n) is 1.69. The van der Waals surface area contributed by atoms with E-state index in [0.29, 0.717) is 11.4 Å². The summed E-state index contributed by atoms with van der Waals surface area (Å²) < 4.78 is 0.777. The van der Waals surface area contributed by atoms with Crippen LogP contribution in [-0.2, 0) is 0 Å². The van der Waals surface area contributed by atoms with Gasteiger partial charge in [-0.1, -0.05) is 23.7 Å². The lowest BCUT2D eigenvalue weighted by atomic mass is 10.1. The van der Waals surface area contributed by atoms with Crippen LogP contribution in [0.25, 0.3) is 0 Å². The van der Waals surface area contributed by atoms with Crippen molar-refractivity contribution in [1.29, 1.82) is 5.26 Å². The van der Waals surface area contributed by atoms with Gasteiger partial charge in [0.2, 0.25) is 0 Å². The molecule has 1 rings (SSSR count). The number of nitrogens with zero attached hydrogens (tertiary/aromatic N) is 1. The number of hydrogen-bond acceptors (Lipinski definition) is 2. The monoisotopic (exact) mass is 258 g/mol. The highest BCUT2D eigenvalue weighted by molar-refractivity contribution is 9.10. The average molecular weight is 260 g/mol. The lowest BCUT2D eigenvalue weighted by molar-refractivity contribution is 0.745. The molecule has 2 N–H and O–H groups in total. The SMILES string of the molecule is N#CCC(N)c1cccc(Cl)c1Br. The Morgan fingerprint density at radius 3 is 2.92 bits per heavy atom. The molecule has 0 bridgehead atoms. The Bertz CT molecular complexity index is 346. The van der Waals surface area contributed by atoms with Gasteiger partial charge in [-0.15, -0.1) is 0 Å². The van der Waals surface area contributed by atoms with Gasteiger partial charge in [-0.3, -0.25) is 0 Å². The third-order valence-corrected chi connectivity index (χ3v) is 3.12. The summed E-state index contributed by atoms with van der Waals surface area (Å²) in [7, 11) is 0. The molecule has 0 aliphatic heterocycles. The van der Waals surface area contributed by atoms with Gasteiger partial charge < -0.3 is 5.73 Å². The van der Waals surface area contributed by atoms with E-state index < -0.39 is 0 Å². The minimum atomic E-state index is -0.280. The molecule has 1 unspecified atom stereocenters. The Labute approximate surface area is 90.4 Å². The maximum absolute atomic E-state index is 8.48. The lowest BCUT2D eigenvalue weighted by Gasteiger charge is -2.10. The molecule has 1 atom stereocenters. The molecule has 2 nitrogen and oxygen atoms in total. The largest absolute Gasteiger partial charge is 0.323 e. The minimum absolute atomic E-state index is 0.280. The summed E-state index contributed by atoms with van der Waals surface area (Å²) in [4.78, 5) is 0. The van der Waals surface area contributed by atoms with Crippen LogP contribution in [0.15, 0.2) is 22.7 Å². The van der Waals surface area contributed by atoms with Crippen LogP contribution in [0.3, 0.4) is 0 Å². The zero-order valence-electron chi connectivity index (χ0n) is 6.80. The summed E-state index contributed by atoms with van der Waals surface area (Å²) in [6.45, 7) is 0. The molecule has 13 heavy (non-hydrogen) atoms. The topological polar surface area (TPSA) is 49.8 Å². The molecule has 68 valence electrons. The number of hydrogen-bond donors (Lipinski definition) is 1. The van der Waals surface area contributed by atoms with Crippen LogP contribution in [0, 0.1) is 11.3 Å². The summed E-state index contributed by atoms with van der Waals surface area (Å²) in [6, 6.07) is 7.19. The van der Waals surface area contributed by atoms with Crippen LogP contribution in [0.1, 0.15) is 18.0 Å². The van der Waals surface area contributed by atoms with Crippen LogP contribution >= 0.6 is 27.5 Å². The summed E-state index contributed by atoms with van der Waals surface area (Å²) >= 11 is 9.20. The van der Waals surface area contributed by atoms with Crippen LogP contribution in [-0.4, -0.2) is 0 Å². The molecule has 0 amide bonds. The van der Waals surface area contributed by atoms with E-state index in [2.05, 4.69) is 15.9 Å². The number of nitrogens with two attached hydrogens (primary N) is 1. The Balaban J connectivity index is 3.02. The van der Waals surface area contributed by atoms with Crippen molar-refractivity contribution >= 4 is 27.5 Å². The predicted octanol–water partition coefficient (Wildman–Crippen LogP) is 3.02. The molecule has 0 saturated carbocycles. The van der Waals surface area contributed by atoms with Gasteiger partial charge in [-0.25, -0.2) is 0 Å². The first-order valence-corrected chi connectivity index (χ1v) is 4.90. The molecule has 0 radical (unpaired) electrons. The predicted molar refractivity (Wildman–Crippen MR) is 56.3 cm³/mol. The molecule has 0 aliphatic carbocycles. The molecular formula is C9H8BrClN2. The van der Waals surface area contributed by atoms with Gasteiger partial charge in [0.25, 0.3) is 0 Å². The second-order valence-electron chi connectivity index (χ2n) is 2.61. The van der Waals surface area contributed by atoms with Crippen LogP contribution in [0.4, 0.5) is 0 Å². The number of nitriles is 1. The van der Waals surface area contributed by atoms with Crippen molar-refractivity contribution in [2.75, 3.05) is 0 Å². The Morgan fingerprint density at radius 2 is 2.31 bits per heavy atom. The minimum Gasteiger partial charge on any atom is -0.323 e. The number of rotatable bonds is 2. The fourth-order valence-corrected chi connectivity index (χ4v) is 1.76. The van der Waals surface area contributed by atoms with Gasteiger partial charge in [-0.05, 0) is 27.6 Å². The average Bonchev–Trinajstić information content (AvgIpc) is 2.10. The molecule has 0 spiro atoms. The van der Waals surface area contributed by atoms with E-state index in [-0.39, 0.29) is 6.04 Å². The maximum atomic E-state index is 8.48. The highest BCUT2D eigenvalue weighted by atomic mass is 79.9. The van der Waals surface area contributed by atoms with Gasteiger partial charge in [0.1, 0.15) is 0 Å². The third kappa shape index (κ3) is 2.44. The van der Waals surface area contributed by atoms with E-state index in [1.807, 2.05) is 18.2 Å². The molecule has 0 aliphatic rings. The highest BCUT2D eigenvalue weighted by Gasteiger charge is 2.10. The van der Waals surface area contributed by atoms with E-state index in [1.54, 1.807) is 6.07 Å². The summed E-state index contributed by atoms with van der Waals surface area (Å²) in [6.07, 6.45) is 0.291. The fraction of sp³-hybridized carbons (Fsp3) is 0.222. The van der Waals surface area contributed by atoms with Crippen LogP contribution in [0.5, 0.6) is 0 Å². The van der Waals surface area contributed by atoms with E-state index in [0.717, 1.165) is 10.0 Å². The molecule has 0 heterocycles. The van der Waals surface area contributed by atoms with E-state index in [9.17, 15) is 0 Å². The van der Waals surface area contributed by atoms with Crippen LogP contribution < -0.4 is 5.73 Å². The normalized spacial score (nSPS) is 12.2. The fourth-order valence-electron chi connectivity index (χ4n) is 1.02. The van der Waals surface area contributed by atoms with E-state index >= 15 is 0 Å². The smallest absolute Gasteiger partial charge is 0.0641 e.